The number of likely N-dealkylation sites (tertiary alicyclic amines) is 2. The van der Waals surface area contributed by atoms with Crippen LogP contribution in [0.15, 0.2) is 48.5 Å². The van der Waals surface area contributed by atoms with E-state index >= 15 is 0 Å². The number of piperidine rings is 1. The fourth-order valence-corrected chi connectivity index (χ4v) is 4.46. The summed E-state index contributed by atoms with van der Waals surface area (Å²) < 4.78 is 6.05. The van der Waals surface area contributed by atoms with Gasteiger partial charge >= 0.3 is 6.03 Å². The van der Waals surface area contributed by atoms with Gasteiger partial charge in [-0.2, -0.15) is 0 Å². The maximum Gasteiger partial charge on any atom is 0.321 e. The predicted molar refractivity (Wildman–Crippen MR) is 121 cm³/mol. The van der Waals surface area contributed by atoms with Crippen LogP contribution >= 0.6 is 0 Å². The van der Waals surface area contributed by atoms with Crippen molar-refractivity contribution in [3.05, 3.63) is 59.7 Å². The van der Waals surface area contributed by atoms with Crippen LogP contribution in [0.3, 0.4) is 0 Å². The van der Waals surface area contributed by atoms with E-state index < -0.39 is 0 Å². The Labute approximate surface area is 180 Å². The Kier molecular flexibility index (Phi) is 6.90. The lowest BCUT2D eigenvalue weighted by molar-refractivity contribution is 0.192. The van der Waals surface area contributed by atoms with Gasteiger partial charge in [0.05, 0.1) is 5.69 Å². The Morgan fingerprint density at radius 2 is 1.87 bits per heavy atom. The molecule has 30 heavy (non-hydrogen) atoms. The summed E-state index contributed by atoms with van der Waals surface area (Å²) in [7, 11) is 0. The largest absolute Gasteiger partial charge is 0.487 e. The van der Waals surface area contributed by atoms with Crippen LogP contribution in [-0.2, 0) is 6.61 Å². The van der Waals surface area contributed by atoms with Crippen molar-refractivity contribution in [3.63, 3.8) is 0 Å². The van der Waals surface area contributed by atoms with Crippen molar-refractivity contribution in [2.75, 3.05) is 38.0 Å². The maximum absolute atomic E-state index is 12.9. The molecule has 2 aromatic carbocycles. The van der Waals surface area contributed by atoms with Crippen LogP contribution in [-0.4, -0.2) is 48.6 Å². The second-order valence-corrected chi connectivity index (χ2v) is 8.67. The Hall–Kier alpha value is -2.53. The fraction of sp³-hybridized carbons (Fsp3) is 0.480. The van der Waals surface area contributed by atoms with E-state index in [0.29, 0.717) is 12.5 Å². The summed E-state index contributed by atoms with van der Waals surface area (Å²) in [6.07, 6.45) is 5.09. The van der Waals surface area contributed by atoms with E-state index in [1.54, 1.807) is 0 Å². The second kappa shape index (κ2) is 9.98. The van der Waals surface area contributed by atoms with Crippen molar-refractivity contribution in [2.24, 2.45) is 5.92 Å². The standard InChI is InChI=1S/C25H33N3O2/c1-20-10-11-23(24(16-20)30-19-21-8-4-2-5-9-21)26-25(29)28-15-12-22(18-28)17-27-13-6-3-7-14-27/h2,4-5,8-11,16,22H,3,6-7,12-15,17-19H2,1H3,(H,26,29). The first kappa shape index (κ1) is 20.7. The van der Waals surface area contributed by atoms with Crippen LogP contribution < -0.4 is 10.1 Å². The third kappa shape index (κ3) is 5.54. The molecule has 1 unspecified atom stereocenters. The average Bonchev–Trinajstić information content (AvgIpc) is 3.24. The summed E-state index contributed by atoms with van der Waals surface area (Å²) in [5, 5.41) is 3.09. The summed E-state index contributed by atoms with van der Waals surface area (Å²) in [6.45, 7) is 7.74. The van der Waals surface area contributed by atoms with Crippen molar-refractivity contribution in [2.45, 2.75) is 39.2 Å². The lowest BCUT2D eigenvalue weighted by Gasteiger charge is -2.29. The lowest BCUT2D eigenvalue weighted by Crippen LogP contribution is -2.37. The van der Waals surface area contributed by atoms with Gasteiger partial charge in [0.2, 0.25) is 0 Å². The molecule has 1 N–H and O–H groups in total. The summed E-state index contributed by atoms with van der Waals surface area (Å²) in [6, 6.07) is 16.0. The lowest BCUT2D eigenvalue weighted by atomic mass is 10.1. The Morgan fingerprint density at radius 3 is 2.67 bits per heavy atom. The highest BCUT2D eigenvalue weighted by atomic mass is 16.5. The molecular weight excluding hydrogens is 374 g/mol. The average molecular weight is 408 g/mol. The Morgan fingerprint density at radius 1 is 1.07 bits per heavy atom. The van der Waals surface area contributed by atoms with Gasteiger partial charge in [0.15, 0.2) is 0 Å². The third-order valence-corrected chi connectivity index (χ3v) is 6.15. The van der Waals surface area contributed by atoms with Crippen molar-refractivity contribution >= 4 is 11.7 Å². The number of hydrogen-bond acceptors (Lipinski definition) is 3. The van der Waals surface area contributed by atoms with Gasteiger partial charge in [0.1, 0.15) is 12.4 Å². The zero-order chi connectivity index (χ0) is 20.8. The zero-order valence-electron chi connectivity index (χ0n) is 18.0. The molecular formula is C25H33N3O2. The molecule has 2 aromatic rings. The first-order chi connectivity index (χ1) is 14.7. The van der Waals surface area contributed by atoms with Gasteiger partial charge in [0.25, 0.3) is 0 Å². The molecule has 5 nitrogen and oxygen atoms in total. The van der Waals surface area contributed by atoms with Crippen LogP contribution in [0.2, 0.25) is 0 Å². The van der Waals surface area contributed by atoms with E-state index in [-0.39, 0.29) is 6.03 Å². The molecule has 0 aromatic heterocycles. The minimum Gasteiger partial charge on any atom is -0.487 e. The van der Waals surface area contributed by atoms with E-state index in [0.717, 1.165) is 48.6 Å². The highest BCUT2D eigenvalue weighted by Gasteiger charge is 2.28. The van der Waals surface area contributed by atoms with E-state index in [1.165, 1.54) is 32.4 Å². The number of nitrogens with one attached hydrogen (secondary N) is 1. The molecule has 2 aliphatic heterocycles. The summed E-state index contributed by atoms with van der Waals surface area (Å²) in [5.74, 6) is 1.30. The van der Waals surface area contributed by atoms with Crippen molar-refractivity contribution in [1.82, 2.24) is 9.80 Å². The van der Waals surface area contributed by atoms with Crippen LogP contribution in [0, 0.1) is 12.8 Å². The smallest absolute Gasteiger partial charge is 0.321 e. The SMILES string of the molecule is Cc1ccc(NC(=O)N2CCC(CN3CCCCC3)C2)c(OCc2ccccc2)c1. The number of rotatable bonds is 6. The Bertz CT molecular complexity index is 834. The summed E-state index contributed by atoms with van der Waals surface area (Å²) in [4.78, 5) is 17.4. The van der Waals surface area contributed by atoms with Gasteiger partial charge < -0.3 is 19.9 Å². The number of carbonyl (C=O) groups is 1. The molecule has 0 saturated carbocycles. The van der Waals surface area contributed by atoms with E-state index in [4.69, 9.17) is 4.74 Å². The molecule has 1 atom stereocenters. The molecule has 2 fully saturated rings. The number of ether oxygens (including phenoxy) is 1. The molecule has 0 aliphatic carbocycles. The zero-order valence-corrected chi connectivity index (χ0v) is 18.0. The first-order valence-electron chi connectivity index (χ1n) is 11.2. The number of hydrogen-bond donors (Lipinski definition) is 1. The van der Waals surface area contributed by atoms with Gasteiger partial charge in [-0.1, -0.05) is 42.8 Å². The van der Waals surface area contributed by atoms with Crippen LogP contribution in [0.4, 0.5) is 10.5 Å². The number of amides is 2. The quantitative estimate of drug-likeness (QED) is 0.740. The third-order valence-electron chi connectivity index (χ3n) is 6.15. The maximum atomic E-state index is 12.9. The normalized spacial score (nSPS) is 19.6. The van der Waals surface area contributed by atoms with Gasteiger partial charge in [-0.3, -0.25) is 0 Å². The van der Waals surface area contributed by atoms with Crippen LogP contribution in [0.25, 0.3) is 0 Å². The highest BCUT2D eigenvalue weighted by Crippen LogP contribution is 2.28. The fourth-order valence-electron chi connectivity index (χ4n) is 4.46. The van der Waals surface area contributed by atoms with Crippen molar-refractivity contribution in [1.29, 1.82) is 0 Å². The summed E-state index contributed by atoms with van der Waals surface area (Å²) in [5.41, 5.74) is 2.95. The monoisotopic (exact) mass is 407 g/mol. The molecule has 0 radical (unpaired) electrons. The van der Waals surface area contributed by atoms with Crippen LogP contribution in [0.5, 0.6) is 5.75 Å². The molecule has 2 aliphatic rings. The predicted octanol–water partition coefficient (Wildman–Crippen LogP) is 4.91. The minimum atomic E-state index is -0.0236. The number of carbonyl (C=O) groups excluding carboxylic acids is 1. The van der Waals surface area contributed by atoms with E-state index in [1.807, 2.05) is 60.4 Å². The molecule has 0 bridgehead atoms. The number of nitrogens with zero attached hydrogens (tertiary/aromatic N) is 2. The first-order valence-corrected chi connectivity index (χ1v) is 11.2. The molecule has 2 heterocycles. The van der Waals surface area contributed by atoms with Gasteiger partial charge in [-0.15, -0.1) is 0 Å². The Balaban J connectivity index is 1.33. The second-order valence-electron chi connectivity index (χ2n) is 8.67. The molecule has 2 saturated heterocycles. The number of urea groups is 1. The van der Waals surface area contributed by atoms with Gasteiger partial charge in [0, 0.05) is 19.6 Å². The highest BCUT2D eigenvalue weighted by molar-refractivity contribution is 5.91. The molecule has 4 rings (SSSR count). The molecule has 160 valence electrons. The number of aryl methyl sites for hydroxylation is 1. The van der Waals surface area contributed by atoms with E-state index in [2.05, 4.69) is 10.2 Å². The van der Waals surface area contributed by atoms with Crippen LogP contribution in [0.1, 0.15) is 36.8 Å². The number of anilines is 1. The molecule has 5 heteroatoms. The number of benzene rings is 2. The molecule has 0 spiro atoms. The molecule has 2 amide bonds. The van der Waals surface area contributed by atoms with E-state index in [9.17, 15) is 4.79 Å². The van der Waals surface area contributed by atoms with Gasteiger partial charge in [-0.05, 0) is 68.5 Å². The van der Waals surface area contributed by atoms with Crippen molar-refractivity contribution < 1.29 is 9.53 Å². The minimum absolute atomic E-state index is 0.0236. The van der Waals surface area contributed by atoms with Crippen molar-refractivity contribution in [3.8, 4) is 5.75 Å². The van der Waals surface area contributed by atoms with Gasteiger partial charge in [-0.25, -0.2) is 4.79 Å². The summed E-state index contributed by atoms with van der Waals surface area (Å²) >= 11 is 0. The topological polar surface area (TPSA) is 44.8 Å².